The molecule has 0 aliphatic carbocycles. The molecule has 1 aromatic heterocycles. The minimum absolute atomic E-state index is 0.0281. The molecule has 0 aliphatic heterocycles. The predicted molar refractivity (Wildman–Crippen MR) is 108 cm³/mol. The second-order valence-electron chi connectivity index (χ2n) is 4.78. The second kappa shape index (κ2) is 14.4. The smallest absolute Gasteiger partial charge is 0.335 e. The van der Waals surface area contributed by atoms with E-state index in [2.05, 4.69) is 39.9 Å². The van der Waals surface area contributed by atoms with Crippen LogP contribution >= 0.6 is 36.2 Å². The molecule has 6 N–H and O–H groups in total. The Morgan fingerprint density at radius 1 is 1.36 bits per heavy atom. The lowest BCUT2D eigenvalue weighted by Crippen LogP contribution is -2.10. The fourth-order valence-corrected chi connectivity index (χ4v) is 2.21. The van der Waals surface area contributed by atoms with E-state index in [1.165, 1.54) is 23.5 Å². The zero-order chi connectivity index (χ0) is 21.5. The summed E-state index contributed by atoms with van der Waals surface area (Å²) in [5.41, 5.74) is 10.3. The number of primary amides is 1. The lowest BCUT2D eigenvalue weighted by atomic mass is 10.2. The van der Waals surface area contributed by atoms with Crippen molar-refractivity contribution in [3.63, 3.8) is 0 Å². The number of benzene rings is 1. The fourth-order valence-electron chi connectivity index (χ4n) is 1.39. The number of thiol groups is 1. The molecule has 0 saturated heterocycles. The van der Waals surface area contributed by atoms with Gasteiger partial charge in [-0.3, -0.25) is 9.89 Å². The lowest BCUT2D eigenvalue weighted by Gasteiger charge is -1.96. The molecule has 1 aromatic carbocycles. The van der Waals surface area contributed by atoms with Crippen molar-refractivity contribution < 1.29 is 24.6 Å². The summed E-state index contributed by atoms with van der Waals surface area (Å²) in [6, 6.07) is 6.33. The minimum atomic E-state index is -0.909. The fraction of sp³-hybridized carbons (Fsp3) is 0.286. The maximum absolute atomic E-state index is 10.3. The van der Waals surface area contributed by atoms with Crippen LogP contribution in [-0.4, -0.2) is 38.9 Å². The SMILES string of the molecule is NC(=O)CCCCO[N+](=O)[O-].Nc1n[nH]c(=S)s1.O=C(O)c1ccc(S)cc1. The van der Waals surface area contributed by atoms with Gasteiger partial charge in [0.15, 0.2) is 3.95 Å². The summed E-state index contributed by atoms with van der Waals surface area (Å²) in [5.74, 6) is -1.31. The summed E-state index contributed by atoms with van der Waals surface area (Å²) in [5, 5.41) is 23.8. The maximum Gasteiger partial charge on any atom is 0.335 e. The van der Waals surface area contributed by atoms with Gasteiger partial charge in [-0.25, -0.2) is 4.79 Å². The van der Waals surface area contributed by atoms with Gasteiger partial charge in [-0.15, -0.1) is 27.8 Å². The number of carbonyl (C=O) groups excluding carboxylic acids is 1. The Labute approximate surface area is 174 Å². The first kappa shape index (κ1) is 25.3. The van der Waals surface area contributed by atoms with Crippen LogP contribution in [0.2, 0.25) is 0 Å². The Kier molecular flexibility index (Phi) is 13.0. The first-order chi connectivity index (χ1) is 13.1. The third kappa shape index (κ3) is 14.5. The molecule has 2 rings (SSSR count). The number of carboxylic acid groups (broad SMARTS) is 1. The van der Waals surface area contributed by atoms with Gasteiger partial charge in [0.1, 0.15) is 0 Å². The van der Waals surface area contributed by atoms with Gasteiger partial charge in [0.25, 0.3) is 5.09 Å². The van der Waals surface area contributed by atoms with Crippen molar-refractivity contribution in [2.75, 3.05) is 12.3 Å². The van der Waals surface area contributed by atoms with Crippen molar-refractivity contribution in [1.82, 2.24) is 10.2 Å². The van der Waals surface area contributed by atoms with Gasteiger partial charge >= 0.3 is 5.97 Å². The molecular formula is C14H19N5O6S3. The molecule has 0 aliphatic rings. The summed E-state index contributed by atoms with van der Waals surface area (Å²) in [4.78, 5) is 34.8. The van der Waals surface area contributed by atoms with Crippen LogP contribution in [0.25, 0.3) is 0 Å². The van der Waals surface area contributed by atoms with Gasteiger partial charge in [-0.05, 0) is 49.3 Å². The summed E-state index contributed by atoms with van der Waals surface area (Å²) in [6.45, 7) is 0.0281. The number of carbonyl (C=O) groups is 2. The Bertz CT molecular complexity index is 792. The van der Waals surface area contributed by atoms with Crippen LogP contribution in [0.4, 0.5) is 5.13 Å². The molecule has 11 nitrogen and oxygen atoms in total. The van der Waals surface area contributed by atoms with Gasteiger partial charge < -0.3 is 21.4 Å². The predicted octanol–water partition coefficient (Wildman–Crippen LogP) is 2.31. The molecule has 0 spiro atoms. The Morgan fingerprint density at radius 2 is 1.96 bits per heavy atom. The van der Waals surface area contributed by atoms with Crippen molar-refractivity contribution >= 4 is 53.2 Å². The van der Waals surface area contributed by atoms with E-state index >= 15 is 0 Å². The molecule has 0 unspecified atom stereocenters. The number of aromatic amines is 1. The monoisotopic (exact) mass is 449 g/mol. The Morgan fingerprint density at radius 3 is 2.32 bits per heavy atom. The normalized spacial score (nSPS) is 9.18. The van der Waals surface area contributed by atoms with Crippen molar-refractivity contribution in [2.24, 2.45) is 5.73 Å². The van der Waals surface area contributed by atoms with Crippen LogP contribution < -0.4 is 11.5 Å². The van der Waals surface area contributed by atoms with Crippen molar-refractivity contribution in [2.45, 2.75) is 24.2 Å². The molecular weight excluding hydrogens is 430 g/mol. The number of anilines is 1. The van der Waals surface area contributed by atoms with Crippen LogP contribution in [0.5, 0.6) is 0 Å². The average Bonchev–Trinajstić information content (AvgIpc) is 2.98. The molecule has 0 bridgehead atoms. The minimum Gasteiger partial charge on any atom is -0.478 e. The van der Waals surface area contributed by atoms with Gasteiger partial charge in [0.2, 0.25) is 11.0 Å². The number of rotatable bonds is 7. The number of H-pyrrole nitrogens is 1. The standard InChI is InChI=1S/C7H6O2S.C5H10N2O4.C2H3N3S2/c8-7(9)5-1-3-6(10)4-2-5;6-5(8)3-1-2-4-11-7(9)10;3-1-4-5-2(6)7-1/h1-4,10H,(H,8,9);1-4H2,(H2,6,8);(H2,3,4)(H,5,6). The zero-order valence-corrected chi connectivity index (χ0v) is 17.0. The average molecular weight is 450 g/mol. The summed E-state index contributed by atoms with van der Waals surface area (Å²) < 4.78 is 0.623. The number of nitrogens with one attached hydrogen (secondary N) is 1. The highest BCUT2D eigenvalue weighted by atomic mass is 32.1. The highest BCUT2D eigenvalue weighted by Gasteiger charge is 1.99. The van der Waals surface area contributed by atoms with Crippen LogP contribution in [0.1, 0.15) is 29.6 Å². The Hall–Kier alpha value is -2.71. The van der Waals surface area contributed by atoms with E-state index < -0.39 is 17.0 Å². The number of hydrogen-bond donors (Lipinski definition) is 5. The number of nitrogens with zero attached hydrogens (tertiary/aromatic N) is 2. The number of carboxylic acids is 1. The molecule has 154 valence electrons. The number of hydrogen-bond acceptors (Lipinski definition) is 10. The molecule has 14 heteroatoms. The van der Waals surface area contributed by atoms with Gasteiger partial charge in [0.05, 0.1) is 12.2 Å². The maximum atomic E-state index is 10.3. The van der Waals surface area contributed by atoms with E-state index in [1.807, 2.05) is 0 Å². The third-order valence-electron chi connectivity index (χ3n) is 2.58. The molecule has 0 saturated carbocycles. The van der Waals surface area contributed by atoms with Gasteiger partial charge in [0, 0.05) is 11.3 Å². The molecule has 0 fully saturated rings. The Balaban J connectivity index is 0.000000399. The number of unbranched alkanes of at least 4 members (excludes halogenated alkanes) is 1. The number of nitrogens with two attached hydrogens (primary N) is 2. The van der Waals surface area contributed by atoms with Crippen LogP contribution in [0, 0.1) is 14.1 Å². The quantitative estimate of drug-likeness (QED) is 0.139. The topological polar surface area (TPSA) is 187 Å². The summed E-state index contributed by atoms with van der Waals surface area (Å²) in [7, 11) is 0. The van der Waals surface area contributed by atoms with E-state index in [0.717, 1.165) is 4.90 Å². The summed E-state index contributed by atoms with van der Waals surface area (Å²) >= 11 is 9.93. The number of nitrogen functional groups attached to an aromatic ring is 1. The van der Waals surface area contributed by atoms with Crippen LogP contribution in [0.15, 0.2) is 29.2 Å². The molecule has 0 atom stereocenters. The third-order valence-corrected chi connectivity index (χ3v) is 3.80. The largest absolute Gasteiger partial charge is 0.478 e. The van der Waals surface area contributed by atoms with E-state index in [4.69, 9.17) is 16.6 Å². The zero-order valence-electron chi connectivity index (χ0n) is 14.4. The van der Waals surface area contributed by atoms with Crippen molar-refractivity contribution in [3.05, 3.63) is 43.9 Å². The van der Waals surface area contributed by atoms with E-state index in [-0.39, 0.29) is 18.6 Å². The van der Waals surface area contributed by atoms with Crippen molar-refractivity contribution in [1.29, 1.82) is 0 Å². The highest BCUT2D eigenvalue weighted by Crippen LogP contribution is 2.07. The highest BCUT2D eigenvalue weighted by molar-refractivity contribution is 7.80. The first-order valence-electron chi connectivity index (χ1n) is 7.50. The lowest BCUT2D eigenvalue weighted by molar-refractivity contribution is -0.757. The van der Waals surface area contributed by atoms with E-state index in [9.17, 15) is 19.7 Å². The molecule has 2 aromatic rings. The van der Waals surface area contributed by atoms with E-state index in [0.29, 0.717) is 21.9 Å². The van der Waals surface area contributed by atoms with Gasteiger partial charge in [-0.1, -0.05) is 11.3 Å². The number of aromatic carboxylic acids is 1. The molecule has 1 amide bonds. The van der Waals surface area contributed by atoms with Gasteiger partial charge in [-0.2, -0.15) is 0 Å². The van der Waals surface area contributed by atoms with Crippen LogP contribution in [-0.2, 0) is 9.63 Å². The van der Waals surface area contributed by atoms with Crippen LogP contribution in [0.3, 0.4) is 0 Å². The number of aromatic nitrogens is 2. The number of amides is 1. The summed E-state index contributed by atoms with van der Waals surface area (Å²) in [6.07, 6.45) is 1.26. The van der Waals surface area contributed by atoms with Crippen molar-refractivity contribution in [3.8, 4) is 0 Å². The first-order valence-corrected chi connectivity index (χ1v) is 9.18. The molecule has 0 radical (unpaired) electrons. The second-order valence-corrected chi connectivity index (χ2v) is 7.00. The molecule has 28 heavy (non-hydrogen) atoms. The molecule has 1 heterocycles. The van der Waals surface area contributed by atoms with E-state index in [1.54, 1.807) is 12.1 Å².